The van der Waals surface area contributed by atoms with E-state index in [1.165, 1.54) is 95.3 Å². The fraction of sp³-hybridized carbons (Fsp3) is 0.794. The maximum Gasteiger partial charge on any atom is 0.416 e. The van der Waals surface area contributed by atoms with Gasteiger partial charge in [0.25, 0.3) is 0 Å². The molecule has 2 heterocycles. The summed E-state index contributed by atoms with van der Waals surface area (Å²) in [6, 6.07) is 5.96. The van der Waals surface area contributed by atoms with E-state index in [0.29, 0.717) is 32.1 Å². The van der Waals surface area contributed by atoms with Crippen LogP contribution < -0.4 is 28.5 Å². The Bertz CT molecular complexity index is 840. The molecule has 0 aliphatic carbocycles. The zero-order valence-corrected chi connectivity index (χ0v) is 29.0. The molecule has 2 rings (SSSR count). The maximum absolute atomic E-state index is 12.6. The van der Waals surface area contributed by atoms with E-state index < -0.39 is 6.09 Å². The van der Waals surface area contributed by atoms with Crippen LogP contribution in [-0.4, -0.2) is 56.0 Å². The van der Waals surface area contributed by atoms with Crippen molar-refractivity contribution in [3.63, 3.8) is 0 Å². The normalized spacial score (nSPS) is 16.3. The van der Waals surface area contributed by atoms with Crippen LogP contribution in [-0.2, 0) is 32.0 Å². The first-order valence-electron chi connectivity index (χ1n) is 16.7. The van der Waals surface area contributed by atoms with Gasteiger partial charge >= 0.3 is 6.09 Å². The molecule has 1 aliphatic rings. The Morgan fingerprint density at radius 3 is 2.12 bits per heavy atom. The summed E-state index contributed by atoms with van der Waals surface area (Å²) >= 11 is 0. The van der Waals surface area contributed by atoms with Crippen LogP contribution in [0.3, 0.4) is 0 Å². The molecule has 0 radical (unpaired) electrons. The average molecular weight is 703 g/mol. The van der Waals surface area contributed by atoms with Gasteiger partial charge < -0.3 is 38.2 Å². The second-order valence-electron chi connectivity index (χ2n) is 11.7. The van der Waals surface area contributed by atoms with E-state index in [9.17, 15) is 9.59 Å². The molecule has 1 aromatic heterocycles. The number of ether oxygens (including phenoxy) is 3. The van der Waals surface area contributed by atoms with Crippen LogP contribution in [0.4, 0.5) is 4.79 Å². The summed E-state index contributed by atoms with van der Waals surface area (Å²) in [6.45, 7) is 9.17. The molecule has 1 aliphatic heterocycles. The van der Waals surface area contributed by atoms with Crippen LogP contribution in [0.5, 0.6) is 0 Å². The quantitative estimate of drug-likeness (QED) is 0.0960. The van der Waals surface area contributed by atoms with Crippen LogP contribution in [0.25, 0.3) is 0 Å². The molecule has 0 bridgehead atoms. The van der Waals surface area contributed by atoms with Crippen LogP contribution in [0.15, 0.2) is 24.4 Å². The first-order valence-corrected chi connectivity index (χ1v) is 16.7. The molecule has 0 N–H and O–H groups in total. The average Bonchev–Trinajstić information content (AvgIpc) is 3.43. The van der Waals surface area contributed by atoms with Crippen molar-refractivity contribution in [1.29, 1.82) is 0 Å². The highest BCUT2D eigenvalue weighted by Crippen LogP contribution is 2.21. The predicted octanol–water partition coefficient (Wildman–Crippen LogP) is 4.43. The summed E-state index contributed by atoms with van der Waals surface area (Å²) in [6.07, 6.45) is 21.7. The Balaban J connectivity index is 0.00000882. The highest BCUT2D eigenvalue weighted by molar-refractivity contribution is 5.90. The highest BCUT2D eigenvalue weighted by Gasteiger charge is 2.28. The zero-order chi connectivity index (χ0) is 29.5. The topological polar surface area (TPSA) is 69.0 Å². The fourth-order valence-electron chi connectivity index (χ4n) is 5.55. The Hall–Kier alpha value is -1.26. The molecule has 42 heavy (non-hydrogen) atoms. The number of carbonyl (C=O) groups excluding carboxylic acids is 2. The van der Waals surface area contributed by atoms with Crippen LogP contribution in [0, 0.1) is 5.92 Å². The van der Waals surface area contributed by atoms with Crippen molar-refractivity contribution in [2.24, 2.45) is 5.92 Å². The number of aryl methyl sites for hydroxylation is 1. The van der Waals surface area contributed by atoms with E-state index in [0.717, 1.165) is 31.7 Å². The lowest BCUT2D eigenvalue weighted by molar-refractivity contribution is -0.700. The number of hydrogen-bond donors (Lipinski definition) is 0. The van der Waals surface area contributed by atoms with Crippen LogP contribution >= 0.6 is 0 Å². The summed E-state index contributed by atoms with van der Waals surface area (Å²) in [5, 5.41) is 0. The standard InChI is InChI=1S/C34H59N2O5.HI/c1-4-6-7-8-9-10-11-12-13-14-15-16-17-20-25-39-27-31-26-33(40-28-31)29-41-34(38)36(30(3)37)24-22-32-21-18-19-23-35(32)5-2;/h18-19,21,23,31,33H,4-17,20,22,24-29H2,1-3H3;1H/q+1;/p-1. The number of unbranched alkanes of at least 4 members (excludes halogenated alkanes) is 13. The van der Waals surface area contributed by atoms with E-state index in [2.05, 4.69) is 18.4 Å². The minimum atomic E-state index is -0.599. The lowest BCUT2D eigenvalue weighted by Gasteiger charge is -2.19. The smallest absolute Gasteiger partial charge is 0.416 e. The number of rotatable bonds is 23. The van der Waals surface area contributed by atoms with Gasteiger partial charge in [0.2, 0.25) is 5.91 Å². The Kier molecular flexibility index (Phi) is 23.2. The molecule has 1 aromatic rings. The third kappa shape index (κ3) is 17.1. The van der Waals surface area contributed by atoms with Crippen molar-refractivity contribution >= 4 is 12.0 Å². The molecular weight excluding hydrogens is 643 g/mol. The van der Waals surface area contributed by atoms with Crippen molar-refractivity contribution in [1.82, 2.24) is 4.90 Å². The van der Waals surface area contributed by atoms with E-state index >= 15 is 0 Å². The summed E-state index contributed by atoms with van der Waals surface area (Å²) in [7, 11) is 0. The van der Waals surface area contributed by atoms with Gasteiger partial charge in [-0.3, -0.25) is 4.79 Å². The third-order valence-electron chi connectivity index (χ3n) is 8.12. The molecule has 8 heteroatoms. The molecule has 7 nitrogen and oxygen atoms in total. The van der Waals surface area contributed by atoms with E-state index in [4.69, 9.17) is 14.2 Å². The Morgan fingerprint density at radius 2 is 1.52 bits per heavy atom. The van der Waals surface area contributed by atoms with Crippen molar-refractivity contribution in [3.05, 3.63) is 30.1 Å². The summed E-state index contributed by atoms with van der Waals surface area (Å²) in [5.41, 5.74) is 1.07. The maximum atomic E-state index is 12.6. The predicted molar refractivity (Wildman–Crippen MR) is 164 cm³/mol. The lowest BCUT2D eigenvalue weighted by Crippen LogP contribution is -3.00. The number of nitrogens with zero attached hydrogens (tertiary/aromatic N) is 2. The van der Waals surface area contributed by atoms with Gasteiger partial charge in [-0.15, -0.1) is 0 Å². The van der Waals surface area contributed by atoms with Crippen molar-refractivity contribution < 1.29 is 52.3 Å². The number of aromatic nitrogens is 1. The third-order valence-corrected chi connectivity index (χ3v) is 8.12. The number of halogens is 1. The van der Waals surface area contributed by atoms with E-state index in [-0.39, 0.29) is 42.6 Å². The second-order valence-corrected chi connectivity index (χ2v) is 11.7. The number of imide groups is 1. The largest absolute Gasteiger partial charge is 1.00 e. The number of carbonyl (C=O) groups is 2. The molecule has 2 amide bonds. The molecule has 0 saturated carbocycles. The summed E-state index contributed by atoms with van der Waals surface area (Å²) < 4.78 is 19.3. The minimum Gasteiger partial charge on any atom is -1.00 e. The minimum absolute atomic E-state index is 0. The van der Waals surface area contributed by atoms with Gasteiger partial charge in [-0.05, 0) is 19.8 Å². The SMILES string of the molecule is CCCCCCCCCCCCCCCCOCC1COC(COC(=O)N(CCc2cccc[n+]2CC)C(C)=O)C1.[I-]. The number of hydrogen-bond acceptors (Lipinski definition) is 5. The molecule has 2 atom stereocenters. The second kappa shape index (κ2) is 25.1. The Morgan fingerprint density at radius 1 is 0.905 bits per heavy atom. The number of pyridine rings is 1. The van der Waals surface area contributed by atoms with Crippen molar-refractivity contribution in [3.8, 4) is 0 Å². The number of amides is 2. The molecule has 0 spiro atoms. The van der Waals surface area contributed by atoms with Gasteiger partial charge in [0.1, 0.15) is 13.2 Å². The first kappa shape index (κ1) is 38.8. The zero-order valence-electron chi connectivity index (χ0n) is 26.8. The Labute approximate surface area is 273 Å². The van der Waals surface area contributed by atoms with Crippen molar-refractivity contribution in [2.45, 2.75) is 136 Å². The van der Waals surface area contributed by atoms with Gasteiger partial charge in [0, 0.05) is 38.1 Å². The van der Waals surface area contributed by atoms with Crippen LogP contribution in [0.2, 0.25) is 0 Å². The molecule has 242 valence electrons. The van der Waals surface area contributed by atoms with Crippen molar-refractivity contribution in [2.75, 3.05) is 33.0 Å². The fourth-order valence-corrected chi connectivity index (χ4v) is 5.55. The molecular formula is C34H59IN2O5. The highest BCUT2D eigenvalue weighted by atomic mass is 127. The molecule has 1 saturated heterocycles. The van der Waals surface area contributed by atoms with E-state index in [1.54, 1.807) is 0 Å². The summed E-state index contributed by atoms with van der Waals surface area (Å²) in [4.78, 5) is 25.9. The van der Waals surface area contributed by atoms with Gasteiger partial charge in [0.15, 0.2) is 11.9 Å². The van der Waals surface area contributed by atoms with Gasteiger partial charge in [-0.1, -0.05) is 96.5 Å². The molecule has 0 aromatic carbocycles. The summed E-state index contributed by atoms with van der Waals surface area (Å²) in [5.74, 6) is 0.0212. The van der Waals surface area contributed by atoms with E-state index in [1.807, 2.05) is 24.4 Å². The monoisotopic (exact) mass is 702 g/mol. The molecule has 2 unspecified atom stereocenters. The van der Waals surface area contributed by atoms with Gasteiger partial charge in [0.05, 0.1) is 25.7 Å². The van der Waals surface area contributed by atoms with Crippen LogP contribution in [0.1, 0.15) is 123 Å². The molecule has 1 fully saturated rings. The first-order chi connectivity index (χ1) is 20.0. The lowest BCUT2D eigenvalue weighted by atomic mass is 10.0. The van der Waals surface area contributed by atoms with Gasteiger partial charge in [-0.25, -0.2) is 14.3 Å². The van der Waals surface area contributed by atoms with Gasteiger partial charge in [-0.2, -0.15) is 0 Å².